The minimum atomic E-state index is -0.492. The summed E-state index contributed by atoms with van der Waals surface area (Å²) < 4.78 is 10.1. The number of ether oxygens (including phenoxy) is 2. The van der Waals surface area contributed by atoms with E-state index in [2.05, 4.69) is 20.6 Å². The molecule has 0 bridgehead atoms. The van der Waals surface area contributed by atoms with Crippen LogP contribution in [0.1, 0.15) is 27.2 Å². The summed E-state index contributed by atoms with van der Waals surface area (Å²) in [6.45, 7) is 6.54. The van der Waals surface area contributed by atoms with E-state index in [1.54, 1.807) is 0 Å². The molecule has 0 aromatic carbocycles. The van der Waals surface area contributed by atoms with Gasteiger partial charge in [-0.15, -0.1) is 0 Å². The fraction of sp³-hybridized carbons (Fsp3) is 0.615. The smallest absolute Gasteiger partial charge is 0.407 e. The Hall–Kier alpha value is -2.25. The average Bonchev–Trinajstić information content (AvgIpc) is 2.38. The highest BCUT2D eigenvalue weighted by Gasteiger charge is 2.15. The lowest BCUT2D eigenvalue weighted by Gasteiger charge is -2.19. The fourth-order valence-corrected chi connectivity index (χ4v) is 1.48. The molecule has 21 heavy (non-hydrogen) atoms. The van der Waals surface area contributed by atoms with Crippen molar-refractivity contribution < 1.29 is 14.3 Å². The number of hydrogen-bond donors (Lipinski definition) is 3. The maximum atomic E-state index is 11.4. The van der Waals surface area contributed by atoms with Gasteiger partial charge in [0, 0.05) is 13.1 Å². The summed E-state index contributed by atoms with van der Waals surface area (Å²) in [5, 5.41) is 5.73. The van der Waals surface area contributed by atoms with Crippen LogP contribution in [0, 0.1) is 0 Å². The number of methoxy groups -OCH3 is 1. The number of hydrogen-bond acceptors (Lipinski definition) is 7. The highest BCUT2D eigenvalue weighted by molar-refractivity contribution is 5.67. The summed E-state index contributed by atoms with van der Waals surface area (Å²) in [7, 11) is 1.49. The van der Waals surface area contributed by atoms with Crippen LogP contribution in [-0.4, -0.2) is 41.9 Å². The number of nitrogen functional groups attached to an aromatic ring is 1. The van der Waals surface area contributed by atoms with Crippen LogP contribution in [0.3, 0.4) is 0 Å². The molecule has 1 aromatic rings. The van der Waals surface area contributed by atoms with Gasteiger partial charge in [-0.3, -0.25) is 0 Å². The number of nitrogens with two attached hydrogens (primary N) is 1. The minimum absolute atomic E-state index is 0.333. The molecule has 4 N–H and O–H groups in total. The van der Waals surface area contributed by atoms with Gasteiger partial charge < -0.3 is 25.8 Å². The maximum Gasteiger partial charge on any atom is 0.407 e. The molecule has 1 rings (SSSR count). The predicted octanol–water partition coefficient (Wildman–Crippen LogP) is 1.39. The Balaban J connectivity index is 2.28. The van der Waals surface area contributed by atoms with Crippen LogP contribution in [-0.2, 0) is 4.74 Å². The van der Waals surface area contributed by atoms with E-state index in [9.17, 15) is 4.79 Å². The Morgan fingerprint density at radius 2 is 2.05 bits per heavy atom. The molecule has 8 nitrogen and oxygen atoms in total. The molecule has 0 saturated heterocycles. The van der Waals surface area contributed by atoms with Gasteiger partial charge in [0.25, 0.3) is 0 Å². The second-order valence-corrected chi connectivity index (χ2v) is 5.35. The molecular formula is C13H23N5O3. The average molecular weight is 297 g/mol. The van der Waals surface area contributed by atoms with Gasteiger partial charge in [0.15, 0.2) is 5.82 Å². The first kappa shape index (κ1) is 16.8. The molecule has 0 aliphatic heterocycles. The van der Waals surface area contributed by atoms with Crippen molar-refractivity contribution in [2.45, 2.75) is 32.8 Å². The predicted molar refractivity (Wildman–Crippen MR) is 80.3 cm³/mol. The lowest BCUT2D eigenvalue weighted by molar-refractivity contribution is 0.0528. The Labute approximate surface area is 124 Å². The number of nitrogens with zero attached hydrogens (tertiary/aromatic N) is 2. The third-order valence-electron chi connectivity index (χ3n) is 2.35. The molecule has 0 radical (unpaired) electrons. The van der Waals surface area contributed by atoms with Crippen LogP contribution in [0.25, 0.3) is 0 Å². The van der Waals surface area contributed by atoms with Crippen molar-refractivity contribution >= 4 is 17.6 Å². The second-order valence-electron chi connectivity index (χ2n) is 5.35. The Morgan fingerprint density at radius 1 is 1.33 bits per heavy atom. The number of rotatable bonds is 6. The van der Waals surface area contributed by atoms with Crippen molar-refractivity contribution in [3.63, 3.8) is 0 Å². The quantitative estimate of drug-likeness (QED) is 0.680. The summed E-state index contributed by atoms with van der Waals surface area (Å²) in [6.07, 6.45) is 1.65. The van der Waals surface area contributed by atoms with E-state index in [1.807, 2.05) is 20.8 Å². The molecule has 0 spiro atoms. The summed E-state index contributed by atoms with van der Waals surface area (Å²) in [6, 6.07) is 0. The Kier molecular flexibility index (Phi) is 6.01. The van der Waals surface area contributed by atoms with Crippen LogP contribution in [0.2, 0.25) is 0 Å². The van der Waals surface area contributed by atoms with Crippen LogP contribution in [0.5, 0.6) is 5.88 Å². The number of nitrogens with one attached hydrogen (secondary N) is 2. The number of carbonyl (C=O) groups excluding carboxylic acids is 1. The van der Waals surface area contributed by atoms with E-state index >= 15 is 0 Å². The van der Waals surface area contributed by atoms with Crippen LogP contribution < -0.4 is 21.1 Å². The monoisotopic (exact) mass is 297 g/mol. The van der Waals surface area contributed by atoms with Gasteiger partial charge >= 0.3 is 6.09 Å². The lowest BCUT2D eigenvalue weighted by atomic mass is 10.2. The minimum Gasteiger partial charge on any atom is -0.479 e. The van der Waals surface area contributed by atoms with E-state index in [0.717, 1.165) is 0 Å². The first-order chi connectivity index (χ1) is 9.83. The van der Waals surface area contributed by atoms with Gasteiger partial charge in [0.05, 0.1) is 7.11 Å². The zero-order valence-electron chi connectivity index (χ0n) is 12.9. The summed E-state index contributed by atoms with van der Waals surface area (Å²) >= 11 is 0. The van der Waals surface area contributed by atoms with Crippen molar-refractivity contribution in [2.24, 2.45) is 0 Å². The van der Waals surface area contributed by atoms with E-state index < -0.39 is 11.7 Å². The number of alkyl carbamates (subject to hydrolysis) is 1. The first-order valence-corrected chi connectivity index (χ1v) is 6.68. The SMILES string of the molecule is COc1ncnc(NCCCNC(=O)OC(C)(C)C)c1N. The molecule has 0 fully saturated rings. The summed E-state index contributed by atoms with van der Waals surface area (Å²) in [5.74, 6) is 0.846. The lowest BCUT2D eigenvalue weighted by Crippen LogP contribution is -2.33. The number of aromatic nitrogens is 2. The van der Waals surface area contributed by atoms with Gasteiger partial charge in [-0.05, 0) is 27.2 Å². The highest BCUT2D eigenvalue weighted by Crippen LogP contribution is 2.23. The van der Waals surface area contributed by atoms with E-state index in [0.29, 0.717) is 36.9 Å². The van der Waals surface area contributed by atoms with Gasteiger partial charge in [-0.2, -0.15) is 4.98 Å². The molecule has 118 valence electrons. The van der Waals surface area contributed by atoms with E-state index in [-0.39, 0.29) is 0 Å². The molecule has 0 aliphatic carbocycles. The van der Waals surface area contributed by atoms with Crippen LogP contribution in [0.4, 0.5) is 16.3 Å². The van der Waals surface area contributed by atoms with Crippen LogP contribution >= 0.6 is 0 Å². The first-order valence-electron chi connectivity index (χ1n) is 6.68. The molecule has 1 heterocycles. The zero-order chi connectivity index (χ0) is 15.9. The third-order valence-corrected chi connectivity index (χ3v) is 2.35. The standard InChI is InChI=1S/C13H23N5O3/c1-13(2,3)21-12(19)16-7-5-6-15-10-9(14)11(20-4)18-8-17-10/h8H,5-7,14H2,1-4H3,(H,16,19)(H,15,17,18). The van der Waals surface area contributed by atoms with Gasteiger partial charge in [0.1, 0.15) is 17.6 Å². The Morgan fingerprint density at radius 3 is 2.67 bits per heavy atom. The zero-order valence-corrected chi connectivity index (χ0v) is 12.9. The van der Waals surface area contributed by atoms with Crippen molar-refractivity contribution in [3.8, 4) is 5.88 Å². The van der Waals surface area contributed by atoms with E-state index in [1.165, 1.54) is 13.4 Å². The van der Waals surface area contributed by atoms with Crippen molar-refractivity contribution in [1.29, 1.82) is 0 Å². The molecule has 1 amide bonds. The number of anilines is 2. The van der Waals surface area contributed by atoms with E-state index in [4.69, 9.17) is 15.2 Å². The molecule has 1 aromatic heterocycles. The molecule has 0 atom stereocenters. The summed E-state index contributed by atoms with van der Waals surface area (Å²) in [4.78, 5) is 19.3. The van der Waals surface area contributed by atoms with Crippen molar-refractivity contribution in [1.82, 2.24) is 15.3 Å². The highest BCUT2D eigenvalue weighted by atomic mass is 16.6. The third kappa shape index (κ3) is 6.15. The fourth-order valence-electron chi connectivity index (χ4n) is 1.48. The normalized spacial score (nSPS) is 10.9. The maximum absolute atomic E-state index is 11.4. The van der Waals surface area contributed by atoms with Crippen molar-refractivity contribution in [3.05, 3.63) is 6.33 Å². The van der Waals surface area contributed by atoms with Crippen LogP contribution in [0.15, 0.2) is 6.33 Å². The Bertz CT molecular complexity index is 473. The second kappa shape index (κ2) is 7.51. The van der Waals surface area contributed by atoms with Gasteiger partial charge in [-0.25, -0.2) is 9.78 Å². The van der Waals surface area contributed by atoms with Gasteiger partial charge in [-0.1, -0.05) is 0 Å². The summed E-state index contributed by atoms with van der Waals surface area (Å²) in [5.41, 5.74) is 5.69. The largest absolute Gasteiger partial charge is 0.479 e. The van der Waals surface area contributed by atoms with Gasteiger partial charge in [0.2, 0.25) is 5.88 Å². The topological polar surface area (TPSA) is 111 Å². The van der Waals surface area contributed by atoms with Crippen molar-refractivity contribution in [2.75, 3.05) is 31.2 Å². The number of carbonyl (C=O) groups is 1. The molecule has 8 heteroatoms. The molecule has 0 aliphatic rings. The molecule has 0 unspecified atom stereocenters. The molecular weight excluding hydrogens is 274 g/mol. The molecule has 0 saturated carbocycles. The number of amides is 1.